The van der Waals surface area contributed by atoms with Gasteiger partial charge in [-0.05, 0) is 25.7 Å². The average Bonchev–Trinajstić information content (AvgIpc) is 2.94. The van der Waals surface area contributed by atoms with Crippen LogP contribution in [0.5, 0.6) is 0 Å². The van der Waals surface area contributed by atoms with Gasteiger partial charge in [-0.1, -0.05) is 0 Å². The fourth-order valence-electron chi connectivity index (χ4n) is 2.98. The first-order chi connectivity index (χ1) is 10.2. The number of carbonyl (C=O) groups excluding carboxylic acids is 1. The number of nitrogens with zero attached hydrogens (tertiary/aromatic N) is 4. The molecule has 0 unspecified atom stereocenters. The monoisotopic (exact) mass is 293 g/mol. The third-order valence-corrected chi connectivity index (χ3v) is 4.10. The van der Waals surface area contributed by atoms with E-state index in [1.165, 1.54) is 5.06 Å². The number of hydrogen-bond donors (Lipinski definition) is 1. The van der Waals surface area contributed by atoms with Gasteiger partial charge in [-0.3, -0.25) is 9.52 Å². The lowest BCUT2D eigenvalue weighted by atomic mass is 10.1. The van der Waals surface area contributed by atoms with Crippen molar-refractivity contribution in [2.75, 3.05) is 31.1 Å². The van der Waals surface area contributed by atoms with Crippen molar-refractivity contribution in [2.24, 2.45) is 7.05 Å². The van der Waals surface area contributed by atoms with Gasteiger partial charge < -0.3 is 10.2 Å². The molecule has 2 fully saturated rings. The lowest BCUT2D eigenvalue weighted by molar-refractivity contribution is -0.139. The minimum absolute atomic E-state index is 0.105. The van der Waals surface area contributed by atoms with Gasteiger partial charge in [0.05, 0.1) is 19.3 Å². The summed E-state index contributed by atoms with van der Waals surface area (Å²) in [5.41, 5.74) is 0. The summed E-state index contributed by atoms with van der Waals surface area (Å²) in [5, 5.41) is 8.77. The van der Waals surface area contributed by atoms with E-state index >= 15 is 0 Å². The summed E-state index contributed by atoms with van der Waals surface area (Å²) in [6.45, 7) is 3.15. The number of nitrogens with one attached hydrogen (secondary N) is 1. The minimum Gasteiger partial charge on any atom is -0.355 e. The number of rotatable bonds is 2. The molecule has 0 radical (unpaired) electrons. The maximum absolute atomic E-state index is 12.2. The standard InChI is InChI=1S/C14H23N5O2/c1-17-13(6-7-15-17)18-8-4-5-12(11-18)16-14(20)19-9-2-3-10-21-19/h6-7,12H,2-5,8-11H2,1H3,(H,16,20)/t12-/m0/s1. The Balaban J connectivity index is 1.56. The molecular weight excluding hydrogens is 270 g/mol. The van der Waals surface area contributed by atoms with Crippen LogP contribution in [-0.2, 0) is 11.9 Å². The van der Waals surface area contributed by atoms with E-state index in [9.17, 15) is 4.79 Å². The molecule has 0 spiro atoms. The third kappa shape index (κ3) is 3.29. The van der Waals surface area contributed by atoms with E-state index in [1.54, 1.807) is 6.20 Å². The molecule has 2 amide bonds. The highest BCUT2D eigenvalue weighted by Crippen LogP contribution is 2.19. The molecule has 3 rings (SSSR count). The Bertz CT molecular complexity index is 483. The van der Waals surface area contributed by atoms with Crippen molar-refractivity contribution in [1.29, 1.82) is 0 Å². The molecule has 1 atom stereocenters. The van der Waals surface area contributed by atoms with Gasteiger partial charge in [0.15, 0.2) is 0 Å². The Kier molecular flexibility index (Phi) is 4.28. The van der Waals surface area contributed by atoms with E-state index in [0.717, 1.165) is 44.6 Å². The van der Waals surface area contributed by atoms with Gasteiger partial charge in [-0.2, -0.15) is 5.10 Å². The van der Waals surface area contributed by atoms with Crippen LogP contribution in [0.15, 0.2) is 12.3 Å². The Morgan fingerprint density at radius 3 is 3.00 bits per heavy atom. The van der Waals surface area contributed by atoms with Gasteiger partial charge in [0.2, 0.25) is 0 Å². The van der Waals surface area contributed by atoms with Crippen molar-refractivity contribution >= 4 is 11.8 Å². The lowest BCUT2D eigenvalue weighted by Gasteiger charge is -2.35. The molecule has 0 aliphatic carbocycles. The van der Waals surface area contributed by atoms with E-state index in [1.807, 2.05) is 17.8 Å². The molecule has 2 aliphatic rings. The van der Waals surface area contributed by atoms with Crippen molar-refractivity contribution in [1.82, 2.24) is 20.2 Å². The molecule has 7 nitrogen and oxygen atoms in total. The topological polar surface area (TPSA) is 62.6 Å². The zero-order chi connectivity index (χ0) is 14.7. The highest BCUT2D eigenvalue weighted by molar-refractivity contribution is 5.73. The first kappa shape index (κ1) is 14.2. The number of amides is 2. The number of piperidine rings is 1. The Morgan fingerprint density at radius 1 is 1.38 bits per heavy atom. The van der Waals surface area contributed by atoms with Crippen molar-refractivity contribution in [3.05, 3.63) is 12.3 Å². The summed E-state index contributed by atoms with van der Waals surface area (Å²) >= 11 is 0. The first-order valence-electron chi connectivity index (χ1n) is 7.68. The molecule has 0 saturated carbocycles. The molecule has 0 aromatic carbocycles. The van der Waals surface area contributed by atoms with Gasteiger partial charge in [0.25, 0.3) is 0 Å². The molecular formula is C14H23N5O2. The van der Waals surface area contributed by atoms with Crippen molar-refractivity contribution < 1.29 is 9.63 Å². The highest BCUT2D eigenvalue weighted by atomic mass is 16.7. The molecule has 7 heteroatoms. The number of anilines is 1. The van der Waals surface area contributed by atoms with Crippen LogP contribution in [0.25, 0.3) is 0 Å². The normalized spacial score (nSPS) is 23.2. The molecule has 0 bridgehead atoms. The number of aromatic nitrogens is 2. The average molecular weight is 293 g/mol. The number of carbonyl (C=O) groups is 1. The van der Waals surface area contributed by atoms with Crippen molar-refractivity contribution in [3.8, 4) is 0 Å². The molecule has 3 heterocycles. The van der Waals surface area contributed by atoms with E-state index in [0.29, 0.717) is 13.2 Å². The number of aryl methyl sites for hydroxylation is 1. The second-order valence-electron chi connectivity index (χ2n) is 5.69. The number of hydrogen-bond acceptors (Lipinski definition) is 4. The lowest BCUT2D eigenvalue weighted by Crippen LogP contribution is -2.52. The predicted molar refractivity (Wildman–Crippen MR) is 78.9 cm³/mol. The van der Waals surface area contributed by atoms with Crippen LogP contribution in [0.1, 0.15) is 25.7 Å². The summed E-state index contributed by atoms with van der Waals surface area (Å²) < 4.78 is 1.87. The summed E-state index contributed by atoms with van der Waals surface area (Å²) in [6, 6.07) is 2.07. The highest BCUT2D eigenvalue weighted by Gasteiger charge is 2.26. The molecule has 1 aromatic rings. The molecule has 21 heavy (non-hydrogen) atoms. The smallest absolute Gasteiger partial charge is 0.341 e. The maximum atomic E-state index is 12.2. The minimum atomic E-state index is -0.105. The van der Waals surface area contributed by atoms with Crippen molar-refractivity contribution in [3.63, 3.8) is 0 Å². The Hall–Kier alpha value is -1.76. The molecule has 116 valence electrons. The fourth-order valence-corrected chi connectivity index (χ4v) is 2.98. The SMILES string of the molecule is Cn1nccc1N1CCC[C@H](NC(=O)N2CCCCO2)C1. The van der Waals surface area contributed by atoms with Crippen LogP contribution < -0.4 is 10.2 Å². The zero-order valence-corrected chi connectivity index (χ0v) is 12.5. The van der Waals surface area contributed by atoms with Gasteiger partial charge in [0.1, 0.15) is 5.82 Å². The van der Waals surface area contributed by atoms with Crippen molar-refractivity contribution in [2.45, 2.75) is 31.7 Å². The van der Waals surface area contributed by atoms with E-state index in [4.69, 9.17) is 4.84 Å². The van der Waals surface area contributed by atoms with Crippen LogP contribution in [0.2, 0.25) is 0 Å². The van der Waals surface area contributed by atoms with E-state index in [-0.39, 0.29) is 12.1 Å². The number of urea groups is 1. The van der Waals surface area contributed by atoms with Gasteiger partial charge in [-0.15, -0.1) is 0 Å². The van der Waals surface area contributed by atoms with Gasteiger partial charge in [-0.25, -0.2) is 9.86 Å². The summed E-state index contributed by atoms with van der Waals surface area (Å²) in [7, 11) is 1.94. The zero-order valence-electron chi connectivity index (χ0n) is 12.5. The van der Waals surface area contributed by atoms with E-state index < -0.39 is 0 Å². The second kappa shape index (κ2) is 6.34. The van der Waals surface area contributed by atoms with Gasteiger partial charge in [0, 0.05) is 32.2 Å². The Morgan fingerprint density at radius 2 is 2.29 bits per heavy atom. The fraction of sp³-hybridized carbons (Fsp3) is 0.714. The first-order valence-corrected chi connectivity index (χ1v) is 7.68. The Labute approximate surface area is 124 Å². The second-order valence-corrected chi connectivity index (χ2v) is 5.69. The number of hydroxylamine groups is 2. The predicted octanol–water partition coefficient (Wildman–Crippen LogP) is 1.13. The van der Waals surface area contributed by atoms with Crippen LogP contribution >= 0.6 is 0 Å². The van der Waals surface area contributed by atoms with Crippen LogP contribution in [0, 0.1) is 0 Å². The quantitative estimate of drug-likeness (QED) is 0.888. The van der Waals surface area contributed by atoms with E-state index in [2.05, 4.69) is 15.3 Å². The maximum Gasteiger partial charge on any atom is 0.341 e. The van der Waals surface area contributed by atoms with Crippen LogP contribution in [-0.4, -0.2) is 53.2 Å². The molecule has 1 N–H and O–H groups in total. The molecule has 2 saturated heterocycles. The summed E-state index contributed by atoms with van der Waals surface area (Å²) in [4.78, 5) is 19.8. The molecule has 2 aliphatic heterocycles. The van der Waals surface area contributed by atoms with Crippen LogP contribution in [0.3, 0.4) is 0 Å². The summed E-state index contributed by atoms with van der Waals surface area (Å²) in [6.07, 6.45) is 5.92. The van der Waals surface area contributed by atoms with Gasteiger partial charge >= 0.3 is 6.03 Å². The third-order valence-electron chi connectivity index (χ3n) is 4.10. The molecule has 1 aromatic heterocycles. The van der Waals surface area contributed by atoms with Crippen LogP contribution in [0.4, 0.5) is 10.6 Å². The summed E-state index contributed by atoms with van der Waals surface area (Å²) in [5.74, 6) is 1.10. The largest absolute Gasteiger partial charge is 0.355 e.